The molecule has 2 aromatic carbocycles. The zero-order valence-corrected chi connectivity index (χ0v) is 18.2. The fourth-order valence-corrected chi connectivity index (χ4v) is 6.12. The van der Waals surface area contributed by atoms with Crippen molar-refractivity contribution in [2.75, 3.05) is 32.7 Å². The van der Waals surface area contributed by atoms with Crippen molar-refractivity contribution in [3.8, 4) is 0 Å². The number of benzene rings is 2. The maximum Gasteiger partial charge on any atom is 0.0942 e. The van der Waals surface area contributed by atoms with Gasteiger partial charge < -0.3 is 10.0 Å². The Morgan fingerprint density at radius 1 is 0.833 bits per heavy atom. The number of fused-ring (bicyclic) bond motifs is 3. The second-order valence-electron chi connectivity index (χ2n) is 9.83. The molecule has 0 amide bonds. The van der Waals surface area contributed by atoms with Crippen molar-refractivity contribution < 1.29 is 5.11 Å². The first-order chi connectivity index (χ1) is 14.7. The summed E-state index contributed by atoms with van der Waals surface area (Å²) in [6.45, 7) is 7.03. The summed E-state index contributed by atoms with van der Waals surface area (Å²) in [5.41, 5.74) is 3.13. The van der Waals surface area contributed by atoms with Crippen molar-refractivity contribution in [3.63, 3.8) is 0 Å². The first kappa shape index (κ1) is 20.2. The van der Waals surface area contributed by atoms with Gasteiger partial charge in [0.2, 0.25) is 0 Å². The highest BCUT2D eigenvalue weighted by Crippen LogP contribution is 2.45. The molecule has 3 heteroatoms. The molecule has 1 N–H and O–H groups in total. The minimum Gasteiger partial charge on any atom is -0.385 e. The van der Waals surface area contributed by atoms with Gasteiger partial charge >= 0.3 is 0 Å². The maximum absolute atomic E-state index is 12.1. The molecular weight excluding hydrogens is 368 g/mol. The SMILES string of the molecule is OC(CCc1ccc(CN2CCCC2)cc1)(c1ccccc1)C1CN2CCC1CC2. The summed E-state index contributed by atoms with van der Waals surface area (Å²) in [6, 6.07) is 19.6. The summed E-state index contributed by atoms with van der Waals surface area (Å²) in [6.07, 6.45) is 6.90. The van der Waals surface area contributed by atoms with Gasteiger partial charge in [-0.05, 0) is 87.3 Å². The van der Waals surface area contributed by atoms with Crippen LogP contribution in [0.15, 0.2) is 54.6 Å². The average molecular weight is 405 g/mol. The third kappa shape index (κ3) is 4.21. The summed E-state index contributed by atoms with van der Waals surface area (Å²) in [5, 5.41) is 12.1. The van der Waals surface area contributed by atoms with Crippen LogP contribution in [0, 0.1) is 11.8 Å². The molecule has 4 saturated heterocycles. The first-order valence-corrected chi connectivity index (χ1v) is 12.0. The molecule has 6 rings (SSSR count). The molecule has 4 aliphatic rings. The summed E-state index contributed by atoms with van der Waals surface area (Å²) in [5.74, 6) is 1.000. The van der Waals surface area contributed by atoms with Crippen molar-refractivity contribution >= 4 is 0 Å². The van der Waals surface area contributed by atoms with E-state index in [-0.39, 0.29) is 0 Å². The minimum absolute atomic E-state index is 0.344. The lowest BCUT2D eigenvalue weighted by Gasteiger charge is -2.51. The van der Waals surface area contributed by atoms with E-state index in [0.717, 1.165) is 31.5 Å². The standard InChI is InChI=1S/C27H36N2O/c30-27(25-6-2-1-3-7-25,26-21-29-18-13-24(26)14-19-29)15-12-22-8-10-23(11-9-22)20-28-16-4-5-17-28/h1-3,6-11,24,26,30H,4-5,12-21H2. The Morgan fingerprint density at radius 3 is 2.13 bits per heavy atom. The zero-order chi connectivity index (χ0) is 20.4. The molecular formula is C27H36N2O. The third-order valence-corrected chi connectivity index (χ3v) is 7.97. The second-order valence-corrected chi connectivity index (χ2v) is 9.83. The summed E-state index contributed by atoms with van der Waals surface area (Å²) < 4.78 is 0. The number of hydrogen-bond donors (Lipinski definition) is 1. The predicted octanol–water partition coefficient (Wildman–Crippen LogP) is 4.44. The molecule has 2 atom stereocenters. The Hall–Kier alpha value is -1.68. The number of rotatable bonds is 7. The Labute approximate surface area is 181 Å². The van der Waals surface area contributed by atoms with E-state index < -0.39 is 5.60 Å². The number of aliphatic hydroxyl groups is 1. The molecule has 0 aromatic heterocycles. The fourth-order valence-electron chi connectivity index (χ4n) is 6.12. The number of nitrogens with zero attached hydrogens (tertiary/aromatic N) is 2. The Bertz CT molecular complexity index is 807. The molecule has 2 bridgehead atoms. The van der Waals surface area contributed by atoms with Crippen LogP contribution in [0.5, 0.6) is 0 Å². The van der Waals surface area contributed by atoms with Gasteiger partial charge in [0.05, 0.1) is 5.60 Å². The van der Waals surface area contributed by atoms with E-state index >= 15 is 0 Å². The van der Waals surface area contributed by atoms with Gasteiger partial charge in [-0.2, -0.15) is 0 Å². The monoisotopic (exact) mass is 404 g/mol. The van der Waals surface area contributed by atoms with Gasteiger partial charge in [-0.3, -0.25) is 4.90 Å². The van der Waals surface area contributed by atoms with Crippen LogP contribution in [0.1, 0.15) is 48.8 Å². The highest BCUT2D eigenvalue weighted by molar-refractivity contribution is 5.27. The molecule has 4 aliphatic heterocycles. The van der Waals surface area contributed by atoms with E-state index in [0.29, 0.717) is 11.8 Å². The van der Waals surface area contributed by atoms with Crippen LogP contribution < -0.4 is 0 Å². The first-order valence-electron chi connectivity index (χ1n) is 12.0. The fraction of sp³-hybridized carbons (Fsp3) is 0.556. The largest absolute Gasteiger partial charge is 0.385 e. The van der Waals surface area contributed by atoms with E-state index in [1.165, 1.54) is 63.0 Å². The molecule has 0 saturated carbocycles. The van der Waals surface area contributed by atoms with Gasteiger partial charge in [0.15, 0.2) is 0 Å². The van der Waals surface area contributed by atoms with Crippen molar-refractivity contribution in [1.82, 2.24) is 9.80 Å². The van der Waals surface area contributed by atoms with Crippen LogP contribution in [0.4, 0.5) is 0 Å². The Morgan fingerprint density at radius 2 is 1.50 bits per heavy atom. The molecule has 4 fully saturated rings. The van der Waals surface area contributed by atoms with Gasteiger partial charge in [0.1, 0.15) is 0 Å². The quantitative estimate of drug-likeness (QED) is 0.739. The summed E-state index contributed by atoms with van der Waals surface area (Å²) in [7, 11) is 0. The molecule has 3 nitrogen and oxygen atoms in total. The van der Waals surface area contributed by atoms with E-state index in [1.54, 1.807) is 0 Å². The Kier molecular flexibility index (Phi) is 5.95. The molecule has 0 spiro atoms. The average Bonchev–Trinajstić information content (AvgIpc) is 3.33. The summed E-state index contributed by atoms with van der Waals surface area (Å²) in [4.78, 5) is 5.11. The van der Waals surface area contributed by atoms with Crippen molar-refractivity contribution in [1.29, 1.82) is 0 Å². The van der Waals surface area contributed by atoms with Crippen LogP contribution >= 0.6 is 0 Å². The molecule has 4 heterocycles. The molecule has 0 aliphatic carbocycles. The molecule has 2 unspecified atom stereocenters. The maximum atomic E-state index is 12.1. The lowest BCUT2D eigenvalue weighted by molar-refractivity contribution is -0.106. The third-order valence-electron chi connectivity index (χ3n) is 7.97. The van der Waals surface area contributed by atoms with Gasteiger partial charge in [-0.25, -0.2) is 0 Å². The van der Waals surface area contributed by atoms with Crippen molar-refractivity contribution in [2.45, 2.75) is 50.7 Å². The van der Waals surface area contributed by atoms with Gasteiger partial charge in [0.25, 0.3) is 0 Å². The smallest absolute Gasteiger partial charge is 0.0942 e. The normalized spacial score (nSPS) is 28.5. The van der Waals surface area contributed by atoms with Crippen LogP contribution in [-0.2, 0) is 18.6 Å². The highest BCUT2D eigenvalue weighted by atomic mass is 16.3. The number of piperidine rings is 3. The van der Waals surface area contributed by atoms with Crippen LogP contribution in [0.2, 0.25) is 0 Å². The second kappa shape index (κ2) is 8.82. The molecule has 30 heavy (non-hydrogen) atoms. The van der Waals surface area contributed by atoms with Crippen LogP contribution in [0.25, 0.3) is 0 Å². The van der Waals surface area contributed by atoms with Gasteiger partial charge in [-0.15, -0.1) is 0 Å². The van der Waals surface area contributed by atoms with Gasteiger partial charge in [0, 0.05) is 19.0 Å². The van der Waals surface area contributed by atoms with Crippen LogP contribution in [0.3, 0.4) is 0 Å². The predicted molar refractivity (Wildman–Crippen MR) is 122 cm³/mol. The number of hydrogen-bond acceptors (Lipinski definition) is 3. The topological polar surface area (TPSA) is 26.7 Å². The zero-order valence-electron chi connectivity index (χ0n) is 18.2. The lowest BCUT2D eigenvalue weighted by atomic mass is 9.66. The summed E-state index contributed by atoms with van der Waals surface area (Å²) >= 11 is 0. The van der Waals surface area contributed by atoms with Crippen molar-refractivity contribution in [3.05, 3.63) is 71.3 Å². The van der Waals surface area contributed by atoms with Crippen LogP contribution in [-0.4, -0.2) is 47.6 Å². The number of likely N-dealkylation sites (tertiary alicyclic amines) is 1. The van der Waals surface area contributed by atoms with E-state index in [4.69, 9.17) is 0 Å². The minimum atomic E-state index is -0.737. The van der Waals surface area contributed by atoms with Gasteiger partial charge in [-0.1, -0.05) is 54.6 Å². The molecule has 0 radical (unpaired) electrons. The highest BCUT2D eigenvalue weighted by Gasteiger charge is 2.47. The van der Waals surface area contributed by atoms with E-state index in [2.05, 4.69) is 64.4 Å². The number of aryl methyl sites for hydroxylation is 1. The van der Waals surface area contributed by atoms with Crippen molar-refractivity contribution in [2.24, 2.45) is 11.8 Å². The molecule has 2 aromatic rings. The molecule has 160 valence electrons. The van der Waals surface area contributed by atoms with E-state index in [9.17, 15) is 5.11 Å². The van der Waals surface area contributed by atoms with E-state index in [1.807, 2.05) is 0 Å². The lowest BCUT2D eigenvalue weighted by Crippen LogP contribution is -2.55. The Balaban J connectivity index is 1.30.